The molecule has 0 radical (unpaired) electrons. The third-order valence-electron chi connectivity index (χ3n) is 2.13. The number of rotatable bonds is 1. The first-order valence-electron chi connectivity index (χ1n) is 4.43. The summed E-state index contributed by atoms with van der Waals surface area (Å²) in [5, 5.41) is 0. The van der Waals surface area contributed by atoms with Gasteiger partial charge in [-0.1, -0.05) is 0 Å². The lowest BCUT2D eigenvalue weighted by Crippen LogP contribution is -2.18. The van der Waals surface area contributed by atoms with Gasteiger partial charge in [0.2, 0.25) is 0 Å². The SMILES string of the molecule is Nc1cc(C(F)(F)F)c(F)c(N)c1CC(F)(F)F. The fraction of sp³-hybridized carbons (Fsp3) is 0.333. The minimum atomic E-state index is -5.08. The van der Waals surface area contributed by atoms with Crippen molar-refractivity contribution in [3.63, 3.8) is 0 Å². The van der Waals surface area contributed by atoms with E-state index in [0.29, 0.717) is 0 Å². The molecule has 9 heteroatoms. The highest BCUT2D eigenvalue weighted by Crippen LogP contribution is 2.39. The van der Waals surface area contributed by atoms with Crippen LogP contribution >= 0.6 is 0 Å². The van der Waals surface area contributed by atoms with Gasteiger partial charge < -0.3 is 11.5 Å². The number of anilines is 2. The monoisotopic (exact) mass is 276 g/mol. The molecule has 0 aliphatic carbocycles. The topological polar surface area (TPSA) is 52.0 Å². The van der Waals surface area contributed by atoms with Crippen LogP contribution < -0.4 is 11.5 Å². The average molecular weight is 276 g/mol. The van der Waals surface area contributed by atoms with Crippen molar-refractivity contribution >= 4 is 11.4 Å². The Labute approximate surface area is 96.4 Å². The highest BCUT2D eigenvalue weighted by molar-refractivity contribution is 5.65. The summed E-state index contributed by atoms with van der Waals surface area (Å²) in [6.07, 6.45) is -11.5. The van der Waals surface area contributed by atoms with Gasteiger partial charge in [0.15, 0.2) is 5.82 Å². The number of hydrogen-bond acceptors (Lipinski definition) is 2. The van der Waals surface area contributed by atoms with E-state index in [1.165, 1.54) is 0 Å². The normalized spacial score (nSPS) is 12.8. The summed E-state index contributed by atoms with van der Waals surface area (Å²) in [6, 6.07) is 0.104. The summed E-state index contributed by atoms with van der Waals surface area (Å²) < 4.78 is 86.5. The third kappa shape index (κ3) is 2.96. The van der Waals surface area contributed by atoms with Gasteiger partial charge in [-0.05, 0) is 6.07 Å². The van der Waals surface area contributed by atoms with Crippen LogP contribution in [0.25, 0.3) is 0 Å². The van der Waals surface area contributed by atoms with E-state index < -0.39 is 47.1 Å². The highest BCUT2D eigenvalue weighted by atomic mass is 19.4. The molecule has 1 aromatic rings. The lowest BCUT2D eigenvalue weighted by atomic mass is 10.0. The van der Waals surface area contributed by atoms with E-state index >= 15 is 0 Å². The Morgan fingerprint density at radius 1 is 1.00 bits per heavy atom. The molecular weight excluding hydrogens is 269 g/mol. The number of alkyl halides is 6. The van der Waals surface area contributed by atoms with E-state index in [0.717, 1.165) is 0 Å². The Bertz CT molecular complexity index is 461. The second-order valence-electron chi connectivity index (χ2n) is 3.51. The van der Waals surface area contributed by atoms with Crippen molar-refractivity contribution in [2.45, 2.75) is 18.8 Å². The fourth-order valence-corrected chi connectivity index (χ4v) is 1.34. The first kappa shape index (κ1) is 14.4. The second-order valence-corrected chi connectivity index (χ2v) is 3.51. The summed E-state index contributed by atoms with van der Waals surface area (Å²) in [5.74, 6) is -1.95. The van der Waals surface area contributed by atoms with Crippen molar-refractivity contribution in [3.8, 4) is 0 Å². The van der Waals surface area contributed by atoms with Gasteiger partial charge in [0.1, 0.15) is 0 Å². The first-order valence-corrected chi connectivity index (χ1v) is 4.43. The zero-order valence-electron chi connectivity index (χ0n) is 8.58. The number of nitrogen functional groups attached to an aromatic ring is 2. The largest absolute Gasteiger partial charge is 0.419 e. The maximum absolute atomic E-state index is 13.2. The van der Waals surface area contributed by atoms with Crippen LogP contribution in [0.4, 0.5) is 42.1 Å². The smallest absolute Gasteiger partial charge is 0.398 e. The van der Waals surface area contributed by atoms with Gasteiger partial charge in [0.05, 0.1) is 17.7 Å². The molecular formula is C9H7F7N2. The lowest BCUT2D eigenvalue weighted by molar-refractivity contribution is -0.139. The molecule has 1 rings (SSSR count). The zero-order chi connectivity index (χ0) is 14.3. The van der Waals surface area contributed by atoms with Crippen LogP contribution in [0.2, 0.25) is 0 Å². The predicted octanol–water partition coefficient (Wildman–Crippen LogP) is 3.11. The van der Waals surface area contributed by atoms with Crippen LogP contribution in [0.1, 0.15) is 11.1 Å². The number of benzene rings is 1. The van der Waals surface area contributed by atoms with Gasteiger partial charge in [-0.2, -0.15) is 26.3 Å². The van der Waals surface area contributed by atoms with Gasteiger partial charge >= 0.3 is 12.4 Å². The summed E-state index contributed by atoms with van der Waals surface area (Å²) in [4.78, 5) is 0. The Hall–Kier alpha value is -1.67. The van der Waals surface area contributed by atoms with Crippen molar-refractivity contribution < 1.29 is 30.7 Å². The minimum Gasteiger partial charge on any atom is -0.398 e. The molecule has 0 saturated heterocycles. The maximum atomic E-state index is 13.2. The van der Waals surface area contributed by atoms with E-state index in [9.17, 15) is 30.7 Å². The van der Waals surface area contributed by atoms with Crippen LogP contribution in [-0.2, 0) is 12.6 Å². The van der Waals surface area contributed by atoms with Crippen molar-refractivity contribution in [3.05, 3.63) is 23.0 Å². The molecule has 0 unspecified atom stereocenters. The van der Waals surface area contributed by atoms with Gasteiger partial charge in [0, 0.05) is 11.3 Å². The van der Waals surface area contributed by atoms with E-state index in [2.05, 4.69) is 0 Å². The molecule has 18 heavy (non-hydrogen) atoms. The Kier molecular flexibility index (Phi) is 3.37. The van der Waals surface area contributed by atoms with Gasteiger partial charge in [0.25, 0.3) is 0 Å². The van der Waals surface area contributed by atoms with Crippen LogP contribution in [0.15, 0.2) is 6.07 Å². The fourth-order valence-electron chi connectivity index (χ4n) is 1.34. The third-order valence-corrected chi connectivity index (χ3v) is 2.13. The van der Waals surface area contributed by atoms with Crippen LogP contribution in [0, 0.1) is 5.82 Å². The van der Waals surface area contributed by atoms with Crippen LogP contribution in [0.5, 0.6) is 0 Å². The molecule has 4 N–H and O–H groups in total. The highest BCUT2D eigenvalue weighted by Gasteiger charge is 2.38. The van der Waals surface area contributed by atoms with E-state index in [4.69, 9.17) is 11.5 Å². The van der Waals surface area contributed by atoms with Crippen molar-refractivity contribution in [2.75, 3.05) is 11.5 Å². The molecule has 0 saturated carbocycles. The predicted molar refractivity (Wildman–Crippen MR) is 50.0 cm³/mol. The number of hydrogen-bond donors (Lipinski definition) is 2. The molecule has 2 nitrogen and oxygen atoms in total. The average Bonchev–Trinajstić information content (AvgIpc) is 2.15. The van der Waals surface area contributed by atoms with Crippen molar-refractivity contribution in [1.82, 2.24) is 0 Å². The van der Waals surface area contributed by atoms with Crippen molar-refractivity contribution in [2.24, 2.45) is 0 Å². The Balaban J connectivity index is 3.39. The molecule has 0 heterocycles. The summed E-state index contributed by atoms with van der Waals surface area (Å²) in [6.45, 7) is 0. The molecule has 0 atom stereocenters. The van der Waals surface area contributed by atoms with E-state index in [1.807, 2.05) is 0 Å². The van der Waals surface area contributed by atoms with Gasteiger partial charge in [-0.15, -0.1) is 0 Å². The lowest BCUT2D eigenvalue weighted by Gasteiger charge is -2.16. The molecule has 0 aromatic heterocycles. The standard InChI is InChI=1S/C9H7F7N2/c10-6-4(9(14,15)16)1-5(17)3(7(6)18)2-8(11,12)13/h1H,2,17-18H2. The Morgan fingerprint density at radius 2 is 1.50 bits per heavy atom. The number of halogens is 7. The van der Waals surface area contributed by atoms with Crippen molar-refractivity contribution in [1.29, 1.82) is 0 Å². The number of nitrogens with two attached hydrogens (primary N) is 2. The first-order chi connectivity index (χ1) is 7.93. The summed E-state index contributed by atoms with van der Waals surface area (Å²) in [7, 11) is 0. The molecule has 0 bridgehead atoms. The molecule has 102 valence electrons. The molecule has 0 aliphatic heterocycles. The molecule has 1 aromatic carbocycles. The molecule has 0 amide bonds. The van der Waals surface area contributed by atoms with Gasteiger partial charge in [-0.25, -0.2) is 4.39 Å². The minimum absolute atomic E-state index is 0.104. The Morgan fingerprint density at radius 3 is 1.89 bits per heavy atom. The molecule has 0 spiro atoms. The van der Waals surface area contributed by atoms with E-state index in [1.54, 1.807) is 0 Å². The second kappa shape index (κ2) is 4.21. The molecule has 0 aliphatic rings. The maximum Gasteiger partial charge on any atom is 0.419 e. The quantitative estimate of drug-likeness (QED) is 0.611. The summed E-state index contributed by atoms with van der Waals surface area (Å²) in [5.41, 5.74) is 5.21. The summed E-state index contributed by atoms with van der Waals surface area (Å²) >= 11 is 0. The zero-order valence-corrected chi connectivity index (χ0v) is 8.58. The van der Waals surface area contributed by atoms with Crippen LogP contribution in [-0.4, -0.2) is 6.18 Å². The van der Waals surface area contributed by atoms with Crippen LogP contribution in [0.3, 0.4) is 0 Å². The van der Waals surface area contributed by atoms with E-state index in [-0.39, 0.29) is 6.07 Å². The molecule has 0 fully saturated rings. The van der Waals surface area contributed by atoms with Gasteiger partial charge in [-0.3, -0.25) is 0 Å².